The lowest BCUT2D eigenvalue weighted by atomic mass is 9.93. The number of fused-ring (bicyclic) bond motifs is 1. The number of amides is 2. The third-order valence-corrected chi connectivity index (χ3v) is 5.18. The van der Waals surface area contributed by atoms with E-state index in [4.69, 9.17) is 0 Å². The van der Waals surface area contributed by atoms with Gasteiger partial charge in [0.25, 0.3) is 0 Å². The summed E-state index contributed by atoms with van der Waals surface area (Å²) in [6, 6.07) is 14.3. The highest BCUT2D eigenvalue weighted by Gasteiger charge is 2.30. The van der Waals surface area contributed by atoms with E-state index < -0.39 is 10.8 Å². The van der Waals surface area contributed by atoms with E-state index in [1.807, 2.05) is 24.3 Å². The van der Waals surface area contributed by atoms with Gasteiger partial charge >= 0.3 is 6.03 Å². The minimum atomic E-state index is -1.10. The molecule has 6 heteroatoms. The SMILES string of the molecule is C[S@@](=O)c1cccc(NC(=O)N2CCc3ccccc3[C@@H]2CO)c1. The van der Waals surface area contributed by atoms with E-state index in [0.717, 1.165) is 12.0 Å². The molecule has 2 N–H and O–H groups in total. The number of urea groups is 1. The van der Waals surface area contributed by atoms with Crippen molar-refractivity contribution in [1.82, 2.24) is 4.90 Å². The van der Waals surface area contributed by atoms with Gasteiger partial charge in [-0.2, -0.15) is 0 Å². The number of hydrogen-bond donors (Lipinski definition) is 2. The molecule has 2 aromatic rings. The molecular formula is C18H20N2O3S. The Morgan fingerprint density at radius 3 is 2.83 bits per heavy atom. The molecule has 0 aliphatic carbocycles. The molecule has 24 heavy (non-hydrogen) atoms. The first-order chi connectivity index (χ1) is 11.6. The molecule has 2 atom stereocenters. The summed E-state index contributed by atoms with van der Waals surface area (Å²) in [7, 11) is -1.10. The summed E-state index contributed by atoms with van der Waals surface area (Å²) in [4.78, 5) is 15.0. The van der Waals surface area contributed by atoms with Crippen LogP contribution in [0.4, 0.5) is 10.5 Å². The second kappa shape index (κ2) is 7.15. The van der Waals surface area contributed by atoms with Crippen LogP contribution in [0.5, 0.6) is 0 Å². The molecule has 1 heterocycles. The highest BCUT2D eigenvalue weighted by Crippen LogP contribution is 2.29. The first-order valence-corrected chi connectivity index (χ1v) is 9.35. The van der Waals surface area contributed by atoms with Gasteiger partial charge in [0.15, 0.2) is 0 Å². The molecule has 126 valence electrons. The molecule has 3 rings (SSSR count). The molecule has 5 nitrogen and oxygen atoms in total. The zero-order valence-corrected chi connectivity index (χ0v) is 14.3. The van der Waals surface area contributed by atoms with Crippen molar-refractivity contribution in [3.8, 4) is 0 Å². The van der Waals surface area contributed by atoms with Crippen molar-refractivity contribution < 1.29 is 14.1 Å². The van der Waals surface area contributed by atoms with Crippen LogP contribution in [-0.4, -0.2) is 39.7 Å². The standard InChI is InChI=1S/C18H20N2O3S/c1-24(23)15-7-4-6-14(11-15)19-18(22)20-10-9-13-5-2-3-8-16(13)17(20)12-21/h2-8,11,17,21H,9-10,12H2,1H3,(H,19,22)/t17-,24+/m0/s1. The highest BCUT2D eigenvalue weighted by molar-refractivity contribution is 7.84. The molecule has 0 saturated carbocycles. The lowest BCUT2D eigenvalue weighted by Crippen LogP contribution is -2.43. The Labute approximate surface area is 143 Å². The quantitative estimate of drug-likeness (QED) is 0.899. The number of carbonyl (C=O) groups excluding carboxylic acids is 1. The fraction of sp³-hybridized carbons (Fsp3) is 0.278. The second-order valence-corrected chi connectivity index (χ2v) is 7.13. The van der Waals surface area contributed by atoms with Crippen molar-refractivity contribution in [2.24, 2.45) is 0 Å². The number of nitrogens with one attached hydrogen (secondary N) is 1. The molecule has 0 aromatic heterocycles. The van der Waals surface area contributed by atoms with Crippen LogP contribution in [0.15, 0.2) is 53.4 Å². The van der Waals surface area contributed by atoms with Crippen LogP contribution in [0.2, 0.25) is 0 Å². The first kappa shape index (κ1) is 16.7. The van der Waals surface area contributed by atoms with Gasteiger partial charge in [0.1, 0.15) is 0 Å². The maximum absolute atomic E-state index is 12.7. The number of rotatable bonds is 3. The lowest BCUT2D eigenvalue weighted by Gasteiger charge is -2.36. The Morgan fingerprint density at radius 2 is 2.08 bits per heavy atom. The fourth-order valence-corrected chi connectivity index (χ4v) is 3.60. The van der Waals surface area contributed by atoms with Crippen molar-refractivity contribution in [3.05, 3.63) is 59.7 Å². The van der Waals surface area contributed by atoms with Crippen LogP contribution in [0.1, 0.15) is 17.2 Å². The zero-order valence-electron chi connectivity index (χ0n) is 13.4. The summed E-state index contributed by atoms with van der Waals surface area (Å²) >= 11 is 0. The van der Waals surface area contributed by atoms with Crippen molar-refractivity contribution in [1.29, 1.82) is 0 Å². The summed E-state index contributed by atoms with van der Waals surface area (Å²) in [6.45, 7) is 0.428. The minimum Gasteiger partial charge on any atom is -0.394 e. The van der Waals surface area contributed by atoms with Crippen LogP contribution in [0.3, 0.4) is 0 Å². The number of benzene rings is 2. The number of aliphatic hydroxyl groups excluding tert-OH is 1. The van der Waals surface area contributed by atoms with E-state index in [2.05, 4.69) is 5.32 Å². The molecule has 0 unspecified atom stereocenters. The third-order valence-electron chi connectivity index (χ3n) is 4.26. The summed E-state index contributed by atoms with van der Waals surface area (Å²) in [5.74, 6) is 0. The van der Waals surface area contributed by atoms with Gasteiger partial charge < -0.3 is 15.3 Å². The summed E-state index contributed by atoms with van der Waals surface area (Å²) in [5.41, 5.74) is 2.76. The van der Waals surface area contributed by atoms with E-state index in [1.165, 1.54) is 5.56 Å². The predicted octanol–water partition coefficient (Wildman–Crippen LogP) is 2.55. The van der Waals surface area contributed by atoms with E-state index in [-0.39, 0.29) is 18.7 Å². The molecule has 0 fully saturated rings. The van der Waals surface area contributed by atoms with Gasteiger partial charge in [0, 0.05) is 34.2 Å². The Kier molecular flexibility index (Phi) is 4.97. The monoisotopic (exact) mass is 344 g/mol. The Balaban J connectivity index is 1.80. The Morgan fingerprint density at radius 1 is 1.29 bits per heavy atom. The van der Waals surface area contributed by atoms with Crippen LogP contribution < -0.4 is 5.32 Å². The number of hydrogen-bond acceptors (Lipinski definition) is 3. The summed E-state index contributed by atoms with van der Waals surface area (Å²) < 4.78 is 11.6. The Hall–Kier alpha value is -2.18. The van der Waals surface area contributed by atoms with Gasteiger partial charge in [-0.1, -0.05) is 30.3 Å². The van der Waals surface area contributed by atoms with Gasteiger partial charge in [-0.3, -0.25) is 4.21 Å². The topological polar surface area (TPSA) is 69.6 Å². The number of anilines is 1. The Bertz CT molecular complexity index is 778. The van der Waals surface area contributed by atoms with Crippen molar-refractivity contribution in [2.45, 2.75) is 17.4 Å². The molecule has 0 saturated heterocycles. The van der Waals surface area contributed by atoms with Gasteiger partial charge in [0.05, 0.1) is 12.6 Å². The fourth-order valence-electron chi connectivity index (χ4n) is 3.04. The third kappa shape index (κ3) is 3.34. The minimum absolute atomic E-state index is 0.122. The molecule has 1 aliphatic heterocycles. The van der Waals surface area contributed by atoms with Crippen LogP contribution in [-0.2, 0) is 17.2 Å². The zero-order chi connectivity index (χ0) is 17.1. The normalized spacial score (nSPS) is 17.9. The molecule has 1 aliphatic rings. The average molecular weight is 344 g/mol. The maximum Gasteiger partial charge on any atom is 0.322 e. The van der Waals surface area contributed by atoms with E-state index >= 15 is 0 Å². The molecule has 2 aromatic carbocycles. The summed E-state index contributed by atoms with van der Waals surface area (Å²) in [5, 5.41) is 12.6. The largest absolute Gasteiger partial charge is 0.394 e. The molecular weight excluding hydrogens is 324 g/mol. The average Bonchev–Trinajstić information content (AvgIpc) is 2.60. The summed E-state index contributed by atoms with van der Waals surface area (Å²) in [6.07, 6.45) is 2.36. The van der Waals surface area contributed by atoms with Gasteiger partial charge in [-0.15, -0.1) is 0 Å². The van der Waals surface area contributed by atoms with E-state index in [1.54, 1.807) is 35.4 Å². The van der Waals surface area contributed by atoms with E-state index in [9.17, 15) is 14.1 Å². The van der Waals surface area contributed by atoms with Crippen LogP contribution >= 0.6 is 0 Å². The second-order valence-electron chi connectivity index (χ2n) is 5.75. The molecule has 0 radical (unpaired) electrons. The first-order valence-electron chi connectivity index (χ1n) is 7.80. The van der Waals surface area contributed by atoms with Crippen LogP contribution in [0.25, 0.3) is 0 Å². The number of carbonyl (C=O) groups is 1. The van der Waals surface area contributed by atoms with Gasteiger partial charge in [-0.05, 0) is 35.7 Å². The van der Waals surface area contributed by atoms with Gasteiger partial charge in [0.2, 0.25) is 0 Å². The molecule has 2 amide bonds. The van der Waals surface area contributed by atoms with Crippen molar-refractivity contribution >= 4 is 22.5 Å². The van der Waals surface area contributed by atoms with Gasteiger partial charge in [-0.25, -0.2) is 4.79 Å². The van der Waals surface area contributed by atoms with E-state index in [0.29, 0.717) is 17.1 Å². The predicted molar refractivity (Wildman–Crippen MR) is 94.5 cm³/mol. The molecule has 0 bridgehead atoms. The number of nitrogens with zero attached hydrogens (tertiary/aromatic N) is 1. The van der Waals surface area contributed by atoms with Crippen molar-refractivity contribution in [2.75, 3.05) is 24.7 Å². The lowest BCUT2D eigenvalue weighted by molar-refractivity contribution is 0.135. The van der Waals surface area contributed by atoms with Crippen LogP contribution in [0, 0.1) is 0 Å². The van der Waals surface area contributed by atoms with Crippen molar-refractivity contribution in [3.63, 3.8) is 0 Å². The highest BCUT2D eigenvalue weighted by atomic mass is 32.2. The smallest absolute Gasteiger partial charge is 0.322 e. The maximum atomic E-state index is 12.7. The molecule has 0 spiro atoms. The number of aliphatic hydroxyl groups is 1.